The Bertz CT molecular complexity index is 383. The van der Waals surface area contributed by atoms with Crippen molar-refractivity contribution in [3.05, 3.63) is 33.8 Å². The Morgan fingerprint density at radius 1 is 1.47 bits per heavy atom. The van der Waals surface area contributed by atoms with E-state index in [0.29, 0.717) is 6.42 Å². The van der Waals surface area contributed by atoms with Crippen LogP contribution in [0.4, 0.5) is 0 Å². The summed E-state index contributed by atoms with van der Waals surface area (Å²) < 4.78 is 1.03. The molecule has 15 heavy (non-hydrogen) atoms. The number of aliphatic carboxylic acids is 1. The number of rotatable bonds is 3. The van der Waals surface area contributed by atoms with Gasteiger partial charge < -0.3 is 5.11 Å². The summed E-state index contributed by atoms with van der Waals surface area (Å²) in [5, 5.41) is 9.01. The highest BCUT2D eigenvalue weighted by molar-refractivity contribution is 9.10. The second-order valence-corrected chi connectivity index (χ2v) is 5.30. The van der Waals surface area contributed by atoms with Crippen molar-refractivity contribution in [3.63, 3.8) is 0 Å². The molecule has 1 N–H and O–H groups in total. The third-order valence-corrected chi connectivity index (χ3v) is 3.32. The van der Waals surface area contributed by atoms with Crippen molar-refractivity contribution in [2.45, 2.75) is 27.2 Å². The first-order valence-corrected chi connectivity index (χ1v) is 5.60. The fraction of sp³-hybridized carbons (Fsp3) is 0.417. The number of carbonyl (C=O) groups is 1. The van der Waals surface area contributed by atoms with E-state index in [0.717, 1.165) is 15.6 Å². The van der Waals surface area contributed by atoms with Crippen LogP contribution in [-0.2, 0) is 11.2 Å². The Balaban J connectivity index is 2.91. The van der Waals surface area contributed by atoms with Crippen LogP contribution in [0.2, 0.25) is 0 Å². The van der Waals surface area contributed by atoms with Crippen molar-refractivity contribution in [2.24, 2.45) is 5.41 Å². The standard InChI is InChI=1S/C12H15BrO2/c1-8-4-5-9(6-10(8)13)7-12(2,3)11(14)15/h4-6H,7H2,1-3H3,(H,14,15). The van der Waals surface area contributed by atoms with Crippen LogP contribution in [0.3, 0.4) is 0 Å². The zero-order valence-electron chi connectivity index (χ0n) is 9.17. The van der Waals surface area contributed by atoms with Crippen LogP contribution in [0.1, 0.15) is 25.0 Å². The van der Waals surface area contributed by atoms with Gasteiger partial charge in [0.05, 0.1) is 5.41 Å². The second-order valence-electron chi connectivity index (χ2n) is 4.45. The van der Waals surface area contributed by atoms with Crippen LogP contribution in [0.25, 0.3) is 0 Å². The molecule has 0 heterocycles. The molecule has 82 valence electrons. The van der Waals surface area contributed by atoms with Gasteiger partial charge in [-0.3, -0.25) is 4.79 Å². The molecule has 2 nitrogen and oxygen atoms in total. The van der Waals surface area contributed by atoms with Gasteiger partial charge in [0.15, 0.2) is 0 Å². The Kier molecular flexibility index (Phi) is 3.55. The SMILES string of the molecule is Cc1ccc(CC(C)(C)C(=O)O)cc1Br. The van der Waals surface area contributed by atoms with Gasteiger partial charge in [0, 0.05) is 4.47 Å². The number of halogens is 1. The zero-order valence-corrected chi connectivity index (χ0v) is 10.8. The van der Waals surface area contributed by atoms with E-state index < -0.39 is 11.4 Å². The molecule has 0 aliphatic carbocycles. The first-order valence-electron chi connectivity index (χ1n) is 4.81. The maximum absolute atomic E-state index is 11.0. The highest BCUT2D eigenvalue weighted by atomic mass is 79.9. The number of carboxylic acids is 1. The van der Waals surface area contributed by atoms with Crippen molar-refractivity contribution in [3.8, 4) is 0 Å². The molecule has 0 atom stereocenters. The molecule has 0 bridgehead atoms. The van der Waals surface area contributed by atoms with Crippen LogP contribution in [-0.4, -0.2) is 11.1 Å². The fourth-order valence-corrected chi connectivity index (χ4v) is 1.76. The normalized spacial score (nSPS) is 11.5. The Labute approximate surface area is 98.4 Å². The Hall–Kier alpha value is -0.830. The van der Waals surface area contributed by atoms with Gasteiger partial charge in [-0.1, -0.05) is 28.1 Å². The second kappa shape index (κ2) is 4.35. The highest BCUT2D eigenvalue weighted by Crippen LogP contribution is 2.25. The minimum Gasteiger partial charge on any atom is -0.481 e. The third-order valence-electron chi connectivity index (χ3n) is 2.46. The quantitative estimate of drug-likeness (QED) is 0.914. The molecule has 1 aromatic carbocycles. The van der Waals surface area contributed by atoms with Gasteiger partial charge in [0.1, 0.15) is 0 Å². The highest BCUT2D eigenvalue weighted by Gasteiger charge is 2.27. The van der Waals surface area contributed by atoms with Gasteiger partial charge in [-0.25, -0.2) is 0 Å². The van der Waals surface area contributed by atoms with E-state index in [2.05, 4.69) is 15.9 Å². The van der Waals surface area contributed by atoms with Gasteiger partial charge in [-0.2, -0.15) is 0 Å². The van der Waals surface area contributed by atoms with Crippen molar-refractivity contribution in [1.29, 1.82) is 0 Å². The summed E-state index contributed by atoms with van der Waals surface area (Å²) in [7, 11) is 0. The van der Waals surface area contributed by atoms with Gasteiger partial charge in [0.2, 0.25) is 0 Å². The van der Waals surface area contributed by atoms with E-state index in [4.69, 9.17) is 5.11 Å². The lowest BCUT2D eigenvalue weighted by Crippen LogP contribution is -2.26. The molecular formula is C12H15BrO2. The van der Waals surface area contributed by atoms with Crippen molar-refractivity contribution < 1.29 is 9.90 Å². The largest absolute Gasteiger partial charge is 0.481 e. The molecule has 0 aliphatic rings. The van der Waals surface area contributed by atoms with E-state index in [1.165, 1.54) is 0 Å². The molecule has 0 spiro atoms. The minimum absolute atomic E-state index is 0.543. The number of aryl methyl sites for hydroxylation is 1. The number of benzene rings is 1. The van der Waals surface area contributed by atoms with Gasteiger partial charge >= 0.3 is 5.97 Å². The summed E-state index contributed by atoms with van der Waals surface area (Å²) in [5.74, 6) is -0.765. The summed E-state index contributed by atoms with van der Waals surface area (Å²) in [6.45, 7) is 5.49. The molecular weight excluding hydrogens is 256 g/mol. The van der Waals surface area contributed by atoms with Crippen molar-refractivity contribution in [2.75, 3.05) is 0 Å². The van der Waals surface area contributed by atoms with E-state index >= 15 is 0 Å². The van der Waals surface area contributed by atoms with Crippen LogP contribution in [0.15, 0.2) is 22.7 Å². The van der Waals surface area contributed by atoms with E-state index in [1.54, 1.807) is 13.8 Å². The molecule has 0 aliphatic heterocycles. The molecule has 0 fully saturated rings. The lowest BCUT2D eigenvalue weighted by atomic mass is 9.86. The van der Waals surface area contributed by atoms with E-state index in [9.17, 15) is 4.79 Å². The Morgan fingerprint density at radius 3 is 2.53 bits per heavy atom. The topological polar surface area (TPSA) is 37.3 Å². The van der Waals surface area contributed by atoms with E-state index in [1.807, 2.05) is 25.1 Å². The molecule has 1 aromatic rings. The molecule has 0 saturated heterocycles. The van der Waals surface area contributed by atoms with Gasteiger partial charge in [0.25, 0.3) is 0 Å². The molecule has 3 heteroatoms. The molecule has 0 saturated carbocycles. The maximum Gasteiger partial charge on any atom is 0.309 e. The monoisotopic (exact) mass is 270 g/mol. The smallest absolute Gasteiger partial charge is 0.309 e. The predicted octanol–water partition coefficient (Wildman–Crippen LogP) is 3.41. The van der Waals surface area contributed by atoms with Crippen LogP contribution in [0, 0.1) is 12.3 Å². The van der Waals surface area contributed by atoms with Gasteiger partial charge in [-0.05, 0) is 44.4 Å². The summed E-state index contributed by atoms with van der Waals surface area (Å²) in [6, 6.07) is 5.96. The van der Waals surface area contributed by atoms with Gasteiger partial charge in [-0.15, -0.1) is 0 Å². The number of carboxylic acid groups (broad SMARTS) is 1. The van der Waals surface area contributed by atoms with Crippen LogP contribution >= 0.6 is 15.9 Å². The maximum atomic E-state index is 11.0. The lowest BCUT2D eigenvalue weighted by molar-refractivity contribution is -0.146. The molecule has 1 rings (SSSR count). The summed E-state index contributed by atoms with van der Waals surface area (Å²) in [5.41, 5.74) is 1.49. The first kappa shape index (κ1) is 12.2. The Morgan fingerprint density at radius 2 is 2.07 bits per heavy atom. The molecule has 0 radical (unpaired) electrons. The van der Waals surface area contributed by atoms with Crippen molar-refractivity contribution in [1.82, 2.24) is 0 Å². The average molecular weight is 271 g/mol. The average Bonchev–Trinajstić information content (AvgIpc) is 2.10. The summed E-state index contributed by atoms with van der Waals surface area (Å²) >= 11 is 3.44. The third kappa shape index (κ3) is 3.06. The fourth-order valence-electron chi connectivity index (χ4n) is 1.33. The number of hydrogen-bond acceptors (Lipinski definition) is 1. The summed E-state index contributed by atoms with van der Waals surface area (Å²) in [6.07, 6.45) is 0.543. The van der Waals surface area contributed by atoms with Crippen LogP contribution in [0.5, 0.6) is 0 Å². The van der Waals surface area contributed by atoms with E-state index in [-0.39, 0.29) is 0 Å². The zero-order chi connectivity index (χ0) is 11.6. The first-order chi connectivity index (χ1) is 6.83. The summed E-state index contributed by atoms with van der Waals surface area (Å²) in [4.78, 5) is 11.0. The minimum atomic E-state index is -0.765. The van der Waals surface area contributed by atoms with Crippen LogP contribution < -0.4 is 0 Å². The number of hydrogen-bond donors (Lipinski definition) is 1. The molecule has 0 unspecified atom stereocenters. The molecule has 0 amide bonds. The molecule has 0 aromatic heterocycles. The predicted molar refractivity (Wildman–Crippen MR) is 64.0 cm³/mol. The van der Waals surface area contributed by atoms with Crippen molar-refractivity contribution >= 4 is 21.9 Å². The lowest BCUT2D eigenvalue weighted by Gasteiger charge is -2.19.